The predicted molar refractivity (Wildman–Crippen MR) is 105 cm³/mol. The van der Waals surface area contributed by atoms with Crippen LogP contribution in [0.5, 0.6) is 5.75 Å². The van der Waals surface area contributed by atoms with Crippen LogP contribution >= 0.6 is 0 Å². The molecule has 0 fully saturated rings. The maximum absolute atomic E-state index is 12.5. The van der Waals surface area contributed by atoms with E-state index in [9.17, 15) is 9.59 Å². The second-order valence-corrected chi connectivity index (χ2v) is 6.76. The molecule has 136 valence electrons. The average Bonchev–Trinajstić information content (AvgIpc) is 2.68. The van der Waals surface area contributed by atoms with E-state index in [2.05, 4.69) is 0 Å². The minimum absolute atomic E-state index is 0.0130. The molecule has 0 saturated carbocycles. The summed E-state index contributed by atoms with van der Waals surface area (Å²) in [5.74, 6) is 0.621. The lowest BCUT2D eigenvalue weighted by molar-refractivity contribution is -0.121. The van der Waals surface area contributed by atoms with Crippen LogP contribution < -0.4 is 15.2 Å². The highest BCUT2D eigenvalue weighted by molar-refractivity contribution is 5.98. The van der Waals surface area contributed by atoms with Crippen LogP contribution in [0, 0.1) is 6.92 Å². The Morgan fingerprint density at radius 2 is 1.78 bits per heavy atom. The van der Waals surface area contributed by atoms with Gasteiger partial charge in [-0.2, -0.15) is 0 Å². The van der Waals surface area contributed by atoms with E-state index in [4.69, 9.17) is 4.74 Å². The molecule has 0 aliphatic carbocycles. The molecule has 0 unspecified atom stereocenters. The van der Waals surface area contributed by atoms with Gasteiger partial charge in [0.1, 0.15) is 5.75 Å². The molecule has 27 heavy (non-hydrogen) atoms. The van der Waals surface area contributed by atoms with E-state index in [1.165, 1.54) is 0 Å². The molecule has 2 aromatic carbocycles. The molecule has 0 N–H and O–H groups in total. The van der Waals surface area contributed by atoms with Crippen molar-refractivity contribution in [2.45, 2.75) is 13.5 Å². The second kappa shape index (κ2) is 6.76. The molecule has 0 saturated heterocycles. The summed E-state index contributed by atoms with van der Waals surface area (Å²) in [6.45, 7) is 2.34. The summed E-state index contributed by atoms with van der Waals surface area (Å²) < 4.78 is 7.19. The van der Waals surface area contributed by atoms with Gasteiger partial charge in [-0.1, -0.05) is 36.4 Å². The summed E-state index contributed by atoms with van der Waals surface area (Å²) in [6.07, 6.45) is 1.81. The summed E-state index contributed by atoms with van der Waals surface area (Å²) in [5, 5.41) is 0. The molecule has 5 nitrogen and oxygen atoms in total. The van der Waals surface area contributed by atoms with Crippen LogP contribution in [-0.2, 0) is 18.4 Å². The number of hydrogen-bond acceptors (Lipinski definition) is 3. The Morgan fingerprint density at radius 3 is 2.52 bits per heavy atom. The van der Waals surface area contributed by atoms with Crippen molar-refractivity contribution in [1.82, 2.24) is 4.57 Å². The van der Waals surface area contributed by atoms with Gasteiger partial charge in [-0.25, -0.2) is 0 Å². The molecule has 4 rings (SSSR count). The highest BCUT2D eigenvalue weighted by atomic mass is 16.5. The molecule has 1 aliphatic heterocycles. The van der Waals surface area contributed by atoms with Gasteiger partial charge in [0.15, 0.2) is 6.61 Å². The van der Waals surface area contributed by atoms with E-state index in [0.29, 0.717) is 17.9 Å². The van der Waals surface area contributed by atoms with Gasteiger partial charge in [0.05, 0.1) is 12.2 Å². The molecule has 0 radical (unpaired) electrons. The molecule has 0 atom stereocenters. The lowest BCUT2D eigenvalue weighted by Crippen LogP contribution is -2.38. The van der Waals surface area contributed by atoms with Crippen LogP contribution in [0.1, 0.15) is 11.1 Å². The lowest BCUT2D eigenvalue weighted by Gasteiger charge is -2.30. The maximum atomic E-state index is 12.5. The molecular weight excluding hydrogens is 340 g/mol. The van der Waals surface area contributed by atoms with Crippen LogP contribution in [-0.4, -0.2) is 17.1 Å². The van der Waals surface area contributed by atoms with Crippen molar-refractivity contribution in [2.75, 3.05) is 11.5 Å². The third-order valence-electron chi connectivity index (χ3n) is 4.78. The first kappa shape index (κ1) is 17.1. The van der Waals surface area contributed by atoms with Gasteiger partial charge in [-0.15, -0.1) is 0 Å². The molecule has 2 heterocycles. The van der Waals surface area contributed by atoms with Gasteiger partial charge in [0.25, 0.3) is 11.5 Å². The number of hydrogen-bond donors (Lipinski definition) is 0. The van der Waals surface area contributed by atoms with Gasteiger partial charge in [-0.05, 0) is 41.8 Å². The van der Waals surface area contributed by atoms with E-state index >= 15 is 0 Å². The number of anilines is 1. The Hall–Kier alpha value is -3.34. The number of carbonyl (C=O) groups excluding carboxylic acids is 1. The highest BCUT2D eigenvalue weighted by Crippen LogP contribution is 2.36. The number of benzene rings is 2. The van der Waals surface area contributed by atoms with E-state index in [1.54, 1.807) is 23.4 Å². The summed E-state index contributed by atoms with van der Waals surface area (Å²) in [6, 6.07) is 17.6. The van der Waals surface area contributed by atoms with E-state index in [-0.39, 0.29) is 18.1 Å². The number of amides is 1. The molecule has 1 aromatic heterocycles. The second-order valence-electron chi connectivity index (χ2n) is 6.76. The largest absolute Gasteiger partial charge is 0.482 e. The van der Waals surface area contributed by atoms with Crippen molar-refractivity contribution in [3.63, 3.8) is 0 Å². The first-order chi connectivity index (χ1) is 13.0. The molecule has 5 heteroatoms. The van der Waals surface area contributed by atoms with E-state index in [1.807, 2.05) is 60.8 Å². The molecule has 1 amide bonds. The minimum Gasteiger partial charge on any atom is -0.482 e. The summed E-state index contributed by atoms with van der Waals surface area (Å²) in [5.41, 5.74) is 4.34. The predicted octanol–water partition coefficient (Wildman–Crippen LogP) is 3.29. The number of aryl methyl sites for hydroxylation is 2. The molecule has 3 aromatic rings. The molecule has 0 spiro atoms. The molecule has 0 bridgehead atoms. The number of nitrogens with zero attached hydrogens (tertiary/aromatic N) is 2. The van der Waals surface area contributed by atoms with E-state index < -0.39 is 0 Å². The van der Waals surface area contributed by atoms with Gasteiger partial charge < -0.3 is 14.2 Å². The normalized spacial score (nSPS) is 13.3. The van der Waals surface area contributed by atoms with Crippen molar-refractivity contribution < 1.29 is 9.53 Å². The van der Waals surface area contributed by atoms with Crippen LogP contribution in [0.25, 0.3) is 11.1 Å². The highest BCUT2D eigenvalue weighted by Gasteiger charge is 2.26. The van der Waals surface area contributed by atoms with Crippen LogP contribution in [0.4, 0.5) is 5.69 Å². The van der Waals surface area contributed by atoms with Crippen LogP contribution in [0.3, 0.4) is 0 Å². The Kier molecular flexibility index (Phi) is 4.28. The van der Waals surface area contributed by atoms with Gasteiger partial charge >= 0.3 is 0 Å². The first-order valence-electron chi connectivity index (χ1n) is 8.82. The number of fused-ring (bicyclic) bond motifs is 1. The standard InChI is InChI=1S/C22H20N2O3/c1-15-10-18(13-23(2)22(15)26)17-8-9-20-19(11-17)24(21(25)14-27-20)12-16-6-4-3-5-7-16/h3-11,13H,12,14H2,1-2H3. The summed E-state index contributed by atoms with van der Waals surface area (Å²) in [7, 11) is 1.74. The van der Waals surface area contributed by atoms with Crippen molar-refractivity contribution in [1.29, 1.82) is 0 Å². The number of ether oxygens (including phenoxy) is 1. The van der Waals surface area contributed by atoms with Crippen molar-refractivity contribution in [2.24, 2.45) is 7.05 Å². The zero-order valence-corrected chi connectivity index (χ0v) is 15.3. The fraction of sp³-hybridized carbons (Fsp3) is 0.182. The number of aromatic nitrogens is 1. The van der Waals surface area contributed by atoms with Crippen molar-refractivity contribution in [3.05, 3.63) is 82.3 Å². The average molecular weight is 360 g/mol. The fourth-order valence-corrected chi connectivity index (χ4v) is 3.36. The zero-order chi connectivity index (χ0) is 19.0. The smallest absolute Gasteiger partial charge is 0.265 e. The van der Waals surface area contributed by atoms with Crippen molar-refractivity contribution >= 4 is 11.6 Å². The lowest BCUT2D eigenvalue weighted by atomic mass is 10.0. The fourth-order valence-electron chi connectivity index (χ4n) is 3.36. The van der Waals surface area contributed by atoms with Crippen molar-refractivity contribution in [3.8, 4) is 16.9 Å². The first-order valence-corrected chi connectivity index (χ1v) is 8.82. The number of carbonyl (C=O) groups is 1. The van der Waals surface area contributed by atoms with E-state index in [0.717, 1.165) is 22.4 Å². The summed E-state index contributed by atoms with van der Waals surface area (Å²) >= 11 is 0. The molecular formula is C22H20N2O3. The minimum atomic E-state index is -0.0693. The summed E-state index contributed by atoms with van der Waals surface area (Å²) in [4.78, 5) is 26.2. The Labute approximate surface area is 157 Å². The number of pyridine rings is 1. The SMILES string of the molecule is Cc1cc(-c2ccc3c(c2)N(Cc2ccccc2)C(=O)CO3)cn(C)c1=O. The number of rotatable bonds is 3. The third-order valence-corrected chi connectivity index (χ3v) is 4.78. The Balaban J connectivity index is 1.77. The van der Waals surface area contributed by atoms with Crippen LogP contribution in [0.15, 0.2) is 65.6 Å². The topological polar surface area (TPSA) is 51.5 Å². The maximum Gasteiger partial charge on any atom is 0.265 e. The quantitative estimate of drug-likeness (QED) is 0.720. The van der Waals surface area contributed by atoms with Gasteiger partial charge in [-0.3, -0.25) is 9.59 Å². The van der Waals surface area contributed by atoms with Gasteiger partial charge in [0, 0.05) is 18.8 Å². The van der Waals surface area contributed by atoms with Gasteiger partial charge in [0.2, 0.25) is 0 Å². The third kappa shape index (κ3) is 3.24. The monoisotopic (exact) mass is 360 g/mol. The Bertz CT molecular complexity index is 1040. The van der Waals surface area contributed by atoms with Crippen LogP contribution in [0.2, 0.25) is 0 Å². The Morgan fingerprint density at radius 1 is 1.00 bits per heavy atom. The zero-order valence-electron chi connectivity index (χ0n) is 15.3. The molecule has 1 aliphatic rings.